The smallest absolute Gasteiger partial charge is 0.358 e. The summed E-state index contributed by atoms with van der Waals surface area (Å²) in [5.41, 5.74) is -2.52. The van der Waals surface area contributed by atoms with Gasteiger partial charge in [0.25, 0.3) is 5.91 Å². The first-order valence-electron chi connectivity index (χ1n) is 5.37. The van der Waals surface area contributed by atoms with Crippen molar-refractivity contribution in [3.05, 3.63) is 49.9 Å². The van der Waals surface area contributed by atoms with Crippen LogP contribution in [0.4, 0.5) is 33.5 Å². The zero-order valence-electron chi connectivity index (χ0n) is 10.4. The van der Waals surface area contributed by atoms with E-state index in [1.54, 1.807) is 5.10 Å². The maximum atomic E-state index is 13.4. The Hall–Kier alpha value is -2.76. The number of rotatable bonds is 3. The van der Waals surface area contributed by atoms with Gasteiger partial charge >= 0.3 is 5.82 Å². The van der Waals surface area contributed by atoms with Crippen LogP contribution < -0.4 is 5.32 Å². The fourth-order valence-corrected chi connectivity index (χ4v) is 1.72. The third-order valence-corrected chi connectivity index (χ3v) is 2.89. The zero-order valence-corrected chi connectivity index (χ0v) is 11.1. The van der Waals surface area contributed by atoms with Gasteiger partial charge in [0.05, 0.1) is 0 Å². The highest BCUT2D eigenvalue weighted by atomic mass is 35.5. The largest absolute Gasteiger partial charge is 0.362 e. The number of halogens is 6. The van der Waals surface area contributed by atoms with E-state index >= 15 is 0 Å². The number of benzene rings is 1. The summed E-state index contributed by atoms with van der Waals surface area (Å²) in [4.78, 5) is 21.2. The summed E-state index contributed by atoms with van der Waals surface area (Å²) in [6.07, 6.45) is 0. The second-order valence-corrected chi connectivity index (χ2v) is 4.27. The van der Waals surface area contributed by atoms with E-state index in [9.17, 15) is 36.9 Å². The minimum absolute atomic E-state index is 0.809. The second-order valence-electron chi connectivity index (χ2n) is 3.89. The third-order valence-electron chi connectivity index (χ3n) is 2.54. The number of nitrogens with zero attached hydrogens (tertiary/aromatic N) is 2. The Morgan fingerprint density at radius 1 is 1.09 bits per heavy atom. The topological polar surface area (TPSA) is 101 Å². The molecule has 0 unspecified atom stereocenters. The molecule has 23 heavy (non-hydrogen) atoms. The van der Waals surface area contributed by atoms with Gasteiger partial charge in [0.2, 0.25) is 5.82 Å². The Bertz CT molecular complexity index is 811. The molecule has 1 heterocycles. The van der Waals surface area contributed by atoms with Gasteiger partial charge in [-0.25, -0.2) is 22.0 Å². The van der Waals surface area contributed by atoms with E-state index in [-0.39, 0.29) is 0 Å². The molecule has 0 aliphatic carbocycles. The molecule has 2 N–H and O–H groups in total. The van der Waals surface area contributed by atoms with Crippen molar-refractivity contribution in [3.8, 4) is 0 Å². The molecule has 0 atom stereocenters. The van der Waals surface area contributed by atoms with Crippen LogP contribution in [0.25, 0.3) is 0 Å². The monoisotopic (exact) mass is 356 g/mol. The van der Waals surface area contributed by atoms with Crippen LogP contribution in [0, 0.1) is 39.2 Å². The van der Waals surface area contributed by atoms with E-state index in [2.05, 4.69) is 5.10 Å². The number of carbonyl (C=O) groups excluding carboxylic acids is 1. The number of hydrogen-bond donors (Lipinski definition) is 2. The number of nitro groups is 1. The van der Waals surface area contributed by atoms with Crippen LogP contribution in [0.2, 0.25) is 5.02 Å². The molecule has 13 heteroatoms. The fraction of sp³-hybridized carbons (Fsp3) is 0. The summed E-state index contributed by atoms with van der Waals surface area (Å²) in [6, 6.07) is 0. The van der Waals surface area contributed by atoms with Crippen molar-refractivity contribution in [2.45, 2.75) is 0 Å². The van der Waals surface area contributed by atoms with Crippen molar-refractivity contribution >= 4 is 29.0 Å². The van der Waals surface area contributed by atoms with E-state index in [0.717, 1.165) is 0 Å². The maximum Gasteiger partial charge on any atom is 0.362 e. The van der Waals surface area contributed by atoms with Crippen LogP contribution in [-0.2, 0) is 0 Å². The molecule has 7 nitrogen and oxygen atoms in total. The summed E-state index contributed by atoms with van der Waals surface area (Å²) in [7, 11) is 0. The predicted molar refractivity (Wildman–Crippen MR) is 64.4 cm³/mol. The van der Waals surface area contributed by atoms with Crippen LogP contribution >= 0.6 is 11.6 Å². The molecule has 0 saturated heterocycles. The van der Waals surface area contributed by atoms with E-state index < -0.39 is 62.1 Å². The Balaban J connectivity index is 2.44. The second kappa shape index (κ2) is 5.79. The average molecular weight is 357 g/mol. The highest BCUT2D eigenvalue weighted by Crippen LogP contribution is 2.29. The molecule has 0 bridgehead atoms. The SMILES string of the molecule is O=C(Nc1c(F)c(F)c(F)c(F)c1F)c1n[nH]c([N+](=O)[O-])c1Cl. The van der Waals surface area contributed by atoms with E-state index in [1.165, 1.54) is 5.32 Å². The lowest BCUT2D eigenvalue weighted by atomic mass is 10.2. The molecular formula is C10H2ClF5N4O3. The van der Waals surface area contributed by atoms with Gasteiger partial charge in [-0.05, 0) is 4.92 Å². The number of carbonyl (C=O) groups is 1. The van der Waals surface area contributed by atoms with Gasteiger partial charge in [0, 0.05) is 0 Å². The van der Waals surface area contributed by atoms with Crippen molar-refractivity contribution in [3.63, 3.8) is 0 Å². The van der Waals surface area contributed by atoms with Crippen LogP contribution in [0.15, 0.2) is 0 Å². The highest BCUT2D eigenvalue weighted by molar-refractivity contribution is 6.35. The van der Waals surface area contributed by atoms with Crippen molar-refractivity contribution in [2.75, 3.05) is 5.32 Å². The van der Waals surface area contributed by atoms with Gasteiger partial charge in [0.15, 0.2) is 34.0 Å². The summed E-state index contributed by atoms with van der Waals surface area (Å²) in [5, 5.41) is 16.0. The molecule has 0 aliphatic heterocycles. The lowest BCUT2D eigenvalue weighted by Crippen LogP contribution is -2.17. The lowest BCUT2D eigenvalue weighted by molar-refractivity contribution is -0.389. The lowest BCUT2D eigenvalue weighted by Gasteiger charge is -2.08. The summed E-state index contributed by atoms with van der Waals surface area (Å²) < 4.78 is 65.7. The summed E-state index contributed by atoms with van der Waals surface area (Å²) in [6.45, 7) is 0. The quantitative estimate of drug-likeness (QED) is 0.290. The molecule has 0 radical (unpaired) electrons. The number of hydrogen-bond acceptors (Lipinski definition) is 4. The van der Waals surface area contributed by atoms with Crippen LogP contribution in [-0.4, -0.2) is 21.0 Å². The number of H-pyrrole nitrogens is 1. The van der Waals surface area contributed by atoms with Crippen LogP contribution in [0.3, 0.4) is 0 Å². The van der Waals surface area contributed by atoms with Crippen molar-refractivity contribution in [1.29, 1.82) is 0 Å². The zero-order chi connectivity index (χ0) is 17.5. The number of nitrogens with one attached hydrogen (secondary N) is 2. The van der Waals surface area contributed by atoms with Crippen LogP contribution in [0.1, 0.15) is 10.5 Å². The molecule has 0 aliphatic rings. The van der Waals surface area contributed by atoms with Gasteiger partial charge in [-0.15, -0.1) is 5.10 Å². The van der Waals surface area contributed by atoms with Crippen molar-refractivity contribution in [1.82, 2.24) is 10.2 Å². The maximum absolute atomic E-state index is 13.4. The Labute approximate surface area is 127 Å². The fourth-order valence-electron chi connectivity index (χ4n) is 1.48. The number of anilines is 1. The van der Waals surface area contributed by atoms with Crippen molar-refractivity contribution in [2.24, 2.45) is 0 Å². The molecule has 1 amide bonds. The molecule has 1 aromatic heterocycles. The first kappa shape index (κ1) is 16.6. The first-order chi connectivity index (χ1) is 10.7. The minimum atomic E-state index is -2.41. The molecular weight excluding hydrogens is 355 g/mol. The number of aromatic nitrogens is 2. The van der Waals surface area contributed by atoms with E-state index in [1.807, 2.05) is 0 Å². The first-order valence-corrected chi connectivity index (χ1v) is 5.75. The molecule has 0 saturated carbocycles. The molecule has 0 fully saturated rings. The Morgan fingerprint density at radius 2 is 1.57 bits per heavy atom. The van der Waals surface area contributed by atoms with Gasteiger partial charge in [0.1, 0.15) is 5.69 Å². The summed E-state index contributed by atoms with van der Waals surface area (Å²) >= 11 is 5.46. The Kier molecular flexibility index (Phi) is 4.18. The van der Waals surface area contributed by atoms with E-state index in [4.69, 9.17) is 11.6 Å². The summed E-state index contributed by atoms with van der Waals surface area (Å²) in [5.74, 6) is -14.0. The molecule has 2 rings (SSSR count). The Morgan fingerprint density at radius 3 is 2.00 bits per heavy atom. The average Bonchev–Trinajstić information content (AvgIpc) is 2.89. The van der Waals surface area contributed by atoms with Gasteiger partial charge in [-0.2, -0.15) is 0 Å². The van der Waals surface area contributed by atoms with Gasteiger partial charge < -0.3 is 15.4 Å². The van der Waals surface area contributed by atoms with Crippen LogP contribution in [0.5, 0.6) is 0 Å². The highest BCUT2D eigenvalue weighted by Gasteiger charge is 2.30. The standard InChI is InChI=1S/C10H2ClF5N4O3/c11-1-7(18-19-9(1)20(22)23)10(21)17-8-5(15)3(13)2(12)4(14)6(8)16/h(H,17,21)(H,18,19). The van der Waals surface area contributed by atoms with Gasteiger partial charge in [-0.1, -0.05) is 16.7 Å². The van der Waals surface area contributed by atoms with Crippen molar-refractivity contribution < 1.29 is 31.7 Å². The number of aromatic amines is 1. The predicted octanol–water partition coefficient (Wildman–Crippen LogP) is 2.92. The molecule has 122 valence electrons. The molecule has 1 aromatic carbocycles. The third kappa shape index (κ3) is 2.67. The normalized spacial score (nSPS) is 10.7. The number of amides is 1. The molecule has 2 aromatic rings. The molecule has 0 spiro atoms. The van der Waals surface area contributed by atoms with E-state index in [0.29, 0.717) is 0 Å². The minimum Gasteiger partial charge on any atom is -0.358 e. The van der Waals surface area contributed by atoms with Gasteiger partial charge in [-0.3, -0.25) is 4.79 Å².